The van der Waals surface area contributed by atoms with Crippen LogP contribution in [-0.2, 0) is 6.18 Å². The van der Waals surface area contributed by atoms with Gasteiger partial charge < -0.3 is 11.1 Å². The molecule has 0 spiro atoms. The molecule has 1 unspecified atom stereocenters. The summed E-state index contributed by atoms with van der Waals surface area (Å²) in [5.74, 6) is -0.726. The van der Waals surface area contributed by atoms with Gasteiger partial charge in [-0.25, -0.2) is 4.39 Å². The number of hydrogen-bond donors (Lipinski definition) is 2. The van der Waals surface area contributed by atoms with Crippen LogP contribution in [0.2, 0.25) is 0 Å². The van der Waals surface area contributed by atoms with E-state index in [0.29, 0.717) is 12.6 Å². The molecule has 18 heavy (non-hydrogen) atoms. The summed E-state index contributed by atoms with van der Waals surface area (Å²) in [4.78, 5) is 0. The molecular formula is C12H16F4N2. The molecule has 0 saturated heterocycles. The Morgan fingerprint density at radius 1 is 1.28 bits per heavy atom. The molecule has 1 aromatic carbocycles. The fraction of sp³-hybridized carbons (Fsp3) is 0.500. The minimum atomic E-state index is -4.53. The van der Waals surface area contributed by atoms with Crippen molar-refractivity contribution < 1.29 is 17.6 Å². The van der Waals surface area contributed by atoms with Gasteiger partial charge in [0.15, 0.2) is 0 Å². The van der Waals surface area contributed by atoms with Crippen molar-refractivity contribution in [3.05, 3.63) is 29.6 Å². The molecule has 0 aliphatic carbocycles. The van der Waals surface area contributed by atoms with Crippen molar-refractivity contribution in [3.8, 4) is 0 Å². The van der Waals surface area contributed by atoms with Crippen molar-refractivity contribution in [2.45, 2.75) is 26.1 Å². The summed E-state index contributed by atoms with van der Waals surface area (Å²) in [6, 6.07) is 2.20. The first-order chi connectivity index (χ1) is 8.21. The number of alkyl halides is 3. The maximum Gasteiger partial charge on any atom is 0.416 e. The summed E-state index contributed by atoms with van der Waals surface area (Å²) in [6.45, 7) is 4.13. The predicted octanol–water partition coefficient (Wildman–Crippen LogP) is 3.24. The number of benzene rings is 1. The normalized spacial score (nSPS) is 13.8. The van der Waals surface area contributed by atoms with E-state index in [1.807, 2.05) is 13.8 Å². The van der Waals surface area contributed by atoms with E-state index in [4.69, 9.17) is 5.73 Å². The van der Waals surface area contributed by atoms with Gasteiger partial charge in [0.25, 0.3) is 0 Å². The van der Waals surface area contributed by atoms with Gasteiger partial charge in [0, 0.05) is 12.6 Å². The topological polar surface area (TPSA) is 38.0 Å². The highest BCUT2D eigenvalue weighted by atomic mass is 19.4. The zero-order valence-electron chi connectivity index (χ0n) is 10.2. The van der Waals surface area contributed by atoms with Crippen LogP contribution < -0.4 is 11.1 Å². The molecule has 0 amide bonds. The van der Waals surface area contributed by atoms with Gasteiger partial charge in [0.05, 0.1) is 11.3 Å². The van der Waals surface area contributed by atoms with E-state index >= 15 is 0 Å². The molecular weight excluding hydrogens is 248 g/mol. The van der Waals surface area contributed by atoms with Gasteiger partial charge in [0.1, 0.15) is 5.82 Å². The number of nitrogens with two attached hydrogens (primary N) is 1. The largest absolute Gasteiger partial charge is 0.416 e. The van der Waals surface area contributed by atoms with Gasteiger partial charge in [-0.15, -0.1) is 0 Å². The van der Waals surface area contributed by atoms with Crippen molar-refractivity contribution in [1.82, 2.24) is 0 Å². The van der Waals surface area contributed by atoms with E-state index in [1.54, 1.807) is 0 Å². The Morgan fingerprint density at radius 3 is 2.33 bits per heavy atom. The number of rotatable bonds is 4. The lowest BCUT2D eigenvalue weighted by atomic mass is 10.1. The standard InChI is InChI=1S/C12H16F4N2/c1-7(2)10(17)6-18-11-4-3-8(5-9(11)13)12(14,15)16/h3-5,7,10,18H,6,17H2,1-2H3. The van der Waals surface area contributed by atoms with Crippen LogP contribution in [0, 0.1) is 11.7 Å². The van der Waals surface area contributed by atoms with E-state index in [2.05, 4.69) is 5.32 Å². The second-order valence-corrected chi connectivity index (χ2v) is 4.48. The first-order valence-electron chi connectivity index (χ1n) is 5.58. The summed E-state index contributed by atoms with van der Waals surface area (Å²) >= 11 is 0. The molecule has 0 aliphatic rings. The zero-order valence-corrected chi connectivity index (χ0v) is 10.2. The third-order valence-corrected chi connectivity index (χ3v) is 2.68. The number of anilines is 1. The van der Waals surface area contributed by atoms with Crippen molar-refractivity contribution in [3.63, 3.8) is 0 Å². The van der Waals surface area contributed by atoms with Crippen LogP contribution in [0.5, 0.6) is 0 Å². The SMILES string of the molecule is CC(C)C(N)CNc1ccc(C(F)(F)F)cc1F. The second kappa shape index (κ2) is 5.56. The van der Waals surface area contributed by atoms with Crippen LogP contribution in [0.1, 0.15) is 19.4 Å². The Morgan fingerprint density at radius 2 is 1.89 bits per heavy atom. The molecule has 6 heteroatoms. The fourth-order valence-corrected chi connectivity index (χ4v) is 1.30. The highest BCUT2D eigenvalue weighted by molar-refractivity contribution is 5.47. The van der Waals surface area contributed by atoms with Crippen LogP contribution in [0.3, 0.4) is 0 Å². The smallest absolute Gasteiger partial charge is 0.381 e. The van der Waals surface area contributed by atoms with Crippen molar-refractivity contribution in [1.29, 1.82) is 0 Å². The summed E-state index contributed by atoms with van der Waals surface area (Å²) in [7, 11) is 0. The Balaban J connectivity index is 2.75. The molecule has 3 N–H and O–H groups in total. The third-order valence-electron chi connectivity index (χ3n) is 2.68. The Kier molecular flexibility index (Phi) is 4.56. The highest BCUT2D eigenvalue weighted by Gasteiger charge is 2.31. The number of nitrogens with one attached hydrogen (secondary N) is 1. The lowest BCUT2D eigenvalue weighted by Gasteiger charge is -2.17. The van der Waals surface area contributed by atoms with Gasteiger partial charge in [-0.2, -0.15) is 13.2 Å². The van der Waals surface area contributed by atoms with Gasteiger partial charge >= 0.3 is 6.18 Å². The van der Waals surface area contributed by atoms with Crippen molar-refractivity contribution in [2.75, 3.05) is 11.9 Å². The Labute approximate surface area is 103 Å². The molecule has 0 aliphatic heterocycles. The van der Waals surface area contributed by atoms with Crippen LogP contribution in [-0.4, -0.2) is 12.6 Å². The minimum absolute atomic E-state index is 0.0269. The van der Waals surface area contributed by atoms with E-state index in [1.165, 1.54) is 0 Å². The molecule has 0 radical (unpaired) electrons. The summed E-state index contributed by atoms with van der Waals surface area (Å²) < 4.78 is 50.4. The van der Waals surface area contributed by atoms with E-state index < -0.39 is 17.6 Å². The van der Waals surface area contributed by atoms with E-state index in [-0.39, 0.29) is 17.6 Å². The molecule has 1 atom stereocenters. The van der Waals surface area contributed by atoms with Gasteiger partial charge in [-0.3, -0.25) is 0 Å². The molecule has 0 heterocycles. The second-order valence-electron chi connectivity index (χ2n) is 4.48. The maximum absolute atomic E-state index is 13.4. The van der Waals surface area contributed by atoms with Gasteiger partial charge in [-0.05, 0) is 24.1 Å². The predicted molar refractivity (Wildman–Crippen MR) is 62.7 cm³/mol. The minimum Gasteiger partial charge on any atom is -0.381 e. The van der Waals surface area contributed by atoms with Gasteiger partial charge in [-0.1, -0.05) is 13.8 Å². The molecule has 2 nitrogen and oxygen atoms in total. The van der Waals surface area contributed by atoms with Crippen molar-refractivity contribution in [2.24, 2.45) is 11.7 Å². The van der Waals surface area contributed by atoms with Crippen LogP contribution in [0.15, 0.2) is 18.2 Å². The Hall–Kier alpha value is -1.30. The van der Waals surface area contributed by atoms with E-state index in [9.17, 15) is 17.6 Å². The lowest BCUT2D eigenvalue weighted by Crippen LogP contribution is -2.34. The van der Waals surface area contributed by atoms with Gasteiger partial charge in [0.2, 0.25) is 0 Å². The molecule has 0 fully saturated rings. The third kappa shape index (κ3) is 3.87. The average Bonchev–Trinajstić information content (AvgIpc) is 2.25. The first-order valence-corrected chi connectivity index (χ1v) is 5.58. The van der Waals surface area contributed by atoms with E-state index in [0.717, 1.165) is 12.1 Å². The maximum atomic E-state index is 13.4. The number of hydrogen-bond acceptors (Lipinski definition) is 2. The molecule has 1 aromatic rings. The molecule has 0 saturated carbocycles. The van der Waals surface area contributed by atoms with Crippen molar-refractivity contribution >= 4 is 5.69 Å². The quantitative estimate of drug-likeness (QED) is 0.819. The summed E-state index contributed by atoms with van der Waals surface area (Å²) in [6.07, 6.45) is -4.53. The lowest BCUT2D eigenvalue weighted by molar-refractivity contribution is -0.137. The molecule has 1 rings (SSSR count). The van der Waals surface area contributed by atoms with Crippen LogP contribution in [0.25, 0.3) is 0 Å². The zero-order chi connectivity index (χ0) is 13.9. The molecule has 0 bridgehead atoms. The molecule has 0 aromatic heterocycles. The number of halogens is 4. The summed E-state index contributed by atoms with van der Waals surface area (Å²) in [5, 5.41) is 2.71. The molecule has 102 valence electrons. The van der Waals surface area contributed by atoms with Crippen LogP contribution >= 0.6 is 0 Å². The monoisotopic (exact) mass is 264 g/mol. The van der Waals surface area contributed by atoms with Crippen LogP contribution in [0.4, 0.5) is 23.2 Å². The Bertz CT molecular complexity index is 402. The summed E-state index contributed by atoms with van der Waals surface area (Å²) in [5.41, 5.74) is 4.77. The first kappa shape index (κ1) is 14.8. The fourth-order valence-electron chi connectivity index (χ4n) is 1.30. The highest BCUT2D eigenvalue weighted by Crippen LogP contribution is 2.31. The average molecular weight is 264 g/mol.